The number of nitrogens with zero attached hydrogens (tertiary/aromatic N) is 3. The number of nitrogens with one attached hydrogen (secondary N) is 1. The summed E-state index contributed by atoms with van der Waals surface area (Å²) < 4.78 is 31.6. The predicted octanol–water partition coefficient (Wildman–Crippen LogP) is 2.11. The van der Waals surface area contributed by atoms with Gasteiger partial charge in [0.05, 0.1) is 11.4 Å². The van der Waals surface area contributed by atoms with Crippen LogP contribution in [0.3, 0.4) is 0 Å². The lowest BCUT2D eigenvalue weighted by molar-refractivity contribution is 0.191. The molecule has 0 atom stereocenters. The SMILES string of the molecule is CC1(Oc2cc(C(=N)c3cc(N4CCS(=O)CC4)ncn3)c(N)cc2F)CC1. The third-order valence-corrected chi connectivity index (χ3v) is 6.37. The number of aromatic nitrogens is 2. The fraction of sp³-hybridized carbons (Fsp3) is 0.421. The van der Waals surface area contributed by atoms with Gasteiger partial charge in [0.25, 0.3) is 0 Å². The van der Waals surface area contributed by atoms with Gasteiger partial charge in [-0.15, -0.1) is 0 Å². The molecule has 148 valence electrons. The Morgan fingerprint density at radius 2 is 2.00 bits per heavy atom. The van der Waals surface area contributed by atoms with Crippen LogP contribution in [0.1, 0.15) is 31.0 Å². The van der Waals surface area contributed by atoms with E-state index in [0.717, 1.165) is 12.8 Å². The Morgan fingerprint density at radius 1 is 1.29 bits per heavy atom. The van der Waals surface area contributed by atoms with Crippen LogP contribution in [0.15, 0.2) is 24.5 Å². The summed E-state index contributed by atoms with van der Waals surface area (Å²) in [6, 6.07) is 4.37. The van der Waals surface area contributed by atoms with Crippen LogP contribution in [-0.2, 0) is 10.8 Å². The van der Waals surface area contributed by atoms with E-state index in [0.29, 0.717) is 41.7 Å². The van der Waals surface area contributed by atoms with Crippen LogP contribution in [-0.4, -0.2) is 50.1 Å². The average molecular weight is 403 g/mol. The van der Waals surface area contributed by atoms with E-state index < -0.39 is 16.6 Å². The van der Waals surface area contributed by atoms with Crippen molar-refractivity contribution in [1.82, 2.24) is 9.97 Å². The third kappa shape index (κ3) is 3.84. The van der Waals surface area contributed by atoms with Crippen molar-refractivity contribution in [2.24, 2.45) is 0 Å². The minimum Gasteiger partial charge on any atom is -0.484 e. The van der Waals surface area contributed by atoms with Crippen LogP contribution in [0.2, 0.25) is 0 Å². The second kappa shape index (κ2) is 7.12. The highest BCUT2D eigenvalue weighted by atomic mass is 32.2. The highest BCUT2D eigenvalue weighted by molar-refractivity contribution is 7.85. The molecule has 1 aliphatic carbocycles. The minimum absolute atomic E-state index is 0.0764. The maximum Gasteiger partial charge on any atom is 0.167 e. The molecule has 1 saturated carbocycles. The van der Waals surface area contributed by atoms with Gasteiger partial charge in [-0.1, -0.05) is 0 Å². The number of halogens is 1. The van der Waals surface area contributed by atoms with Crippen molar-refractivity contribution in [3.05, 3.63) is 41.6 Å². The van der Waals surface area contributed by atoms with E-state index in [1.807, 2.05) is 11.8 Å². The molecule has 1 saturated heterocycles. The van der Waals surface area contributed by atoms with Crippen LogP contribution in [0.25, 0.3) is 0 Å². The monoisotopic (exact) mass is 403 g/mol. The van der Waals surface area contributed by atoms with Gasteiger partial charge >= 0.3 is 0 Å². The Labute approximate surface area is 165 Å². The number of rotatable bonds is 5. The fourth-order valence-corrected chi connectivity index (χ4v) is 4.12. The minimum atomic E-state index is -0.783. The van der Waals surface area contributed by atoms with Crippen LogP contribution in [0, 0.1) is 11.2 Å². The molecule has 28 heavy (non-hydrogen) atoms. The molecule has 1 aromatic heterocycles. The van der Waals surface area contributed by atoms with E-state index in [1.54, 1.807) is 6.07 Å². The zero-order chi connectivity index (χ0) is 19.9. The second-order valence-electron chi connectivity index (χ2n) is 7.39. The zero-order valence-electron chi connectivity index (χ0n) is 15.6. The highest BCUT2D eigenvalue weighted by Gasteiger charge is 2.40. The van der Waals surface area contributed by atoms with Gasteiger partial charge in [-0.25, -0.2) is 14.4 Å². The zero-order valence-corrected chi connectivity index (χ0v) is 16.4. The Morgan fingerprint density at radius 3 is 2.68 bits per heavy atom. The third-order valence-electron chi connectivity index (χ3n) is 5.09. The Kier molecular flexibility index (Phi) is 4.78. The number of anilines is 2. The Bertz CT molecular complexity index is 953. The smallest absolute Gasteiger partial charge is 0.167 e. The first-order valence-electron chi connectivity index (χ1n) is 9.14. The van der Waals surface area contributed by atoms with Crippen LogP contribution < -0.4 is 15.4 Å². The predicted molar refractivity (Wildman–Crippen MR) is 107 cm³/mol. The van der Waals surface area contributed by atoms with Gasteiger partial charge in [0.2, 0.25) is 0 Å². The number of nitrogens with two attached hydrogens (primary N) is 1. The van der Waals surface area contributed by atoms with Crippen LogP contribution in [0.4, 0.5) is 15.9 Å². The first-order chi connectivity index (χ1) is 13.3. The van der Waals surface area contributed by atoms with Gasteiger partial charge in [-0.3, -0.25) is 9.62 Å². The number of hydrogen-bond acceptors (Lipinski definition) is 7. The van der Waals surface area contributed by atoms with E-state index in [1.165, 1.54) is 18.5 Å². The van der Waals surface area contributed by atoms with Crippen molar-refractivity contribution in [3.8, 4) is 5.75 Å². The van der Waals surface area contributed by atoms with E-state index in [2.05, 4.69) is 9.97 Å². The van der Waals surface area contributed by atoms with Crippen LogP contribution in [0.5, 0.6) is 5.75 Å². The Hall–Kier alpha value is -2.55. The first kappa shape index (κ1) is 18.8. The Balaban J connectivity index is 1.61. The molecule has 0 unspecified atom stereocenters. The van der Waals surface area contributed by atoms with Crippen molar-refractivity contribution in [2.75, 3.05) is 35.2 Å². The van der Waals surface area contributed by atoms with Gasteiger partial charge in [0, 0.05) is 58.8 Å². The molecule has 0 bridgehead atoms. The van der Waals surface area contributed by atoms with Crippen molar-refractivity contribution in [3.63, 3.8) is 0 Å². The van der Waals surface area contributed by atoms with E-state index in [4.69, 9.17) is 15.9 Å². The van der Waals surface area contributed by atoms with Gasteiger partial charge in [0.15, 0.2) is 11.6 Å². The lowest BCUT2D eigenvalue weighted by Gasteiger charge is -2.27. The normalized spacial score (nSPS) is 18.7. The molecule has 1 aromatic carbocycles. The topological polar surface area (TPSA) is 105 Å². The van der Waals surface area contributed by atoms with Gasteiger partial charge in [0.1, 0.15) is 17.7 Å². The molecule has 2 heterocycles. The molecular weight excluding hydrogens is 381 g/mol. The molecule has 7 nitrogen and oxygen atoms in total. The van der Waals surface area contributed by atoms with Gasteiger partial charge in [-0.05, 0) is 25.8 Å². The van der Waals surface area contributed by atoms with Gasteiger partial charge in [-0.2, -0.15) is 0 Å². The number of nitrogen functional groups attached to an aromatic ring is 1. The molecule has 0 spiro atoms. The van der Waals surface area contributed by atoms with Crippen molar-refractivity contribution in [1.29, 1.82) is 5.41 Å². The summed E-state index contributed by atoms with van der Waals surface area (Å²) in [5, 5.41) is 8.55. The number of benzene rings is 1. The summed E-state index contributed by atoms with van der Waals surface area (Å²) in [5.41, 5.74) is 6.63. The van der Waals surface area contributed by atoms with Crippen molar-refractivity contribution >= 4 is 28.0 Å². The summed E-state index contributed by atoms with van der Waals surface area (Å²) in [6.07, 6.45) is 3.14. The molecule has 2 aromatic rings. The van der Waals surface area contributed by atoms with E-state index >= 15 is 0 Å². The lowest BCUT2D eigenvalue weighted by Crippen LogP contribution is -2.38. The summed E-state index contributed by atoms with van der Waals surface area (Å²) in [7, 11) is -0.783. The molecule has 1 aliphatic heterocycles. The maximum absolute atomic E-state index is 14.3. The highest BCUT2D eigenvalue weighted by Crippen LogP contribution is 2.41. The summed E-state index contributed by atoms with van der Waals surface area (Å²) in [6.45, 7) is 3.22. The molecule has 2 fully saturated rings. The first-order valence-corrected chi connectivity index (χ1v) is 10.6. The molecule has 3 N–H and O–H groups in total. The number of hydrogen-bond donors (Lipinski definition) is 2. The standard InChI is InChI=1S/C19H22FN5O2S/c1-19(2-3-19)27-16-8-12(14(21)9-13(16)20)18(22)15-10-17(24-11-23-15)25-4-6-28(26)7-5-25/h8-11,22H,2-7,21H2,1H3. The molecule has 4 rings (SSSR count). The molecule has 0 radical (unpaired) electrons. The quantitative estimate of drug-likeness (QED) is 0.585. The fourth-order valence-electron chi connectivity index (χ4n) is 3.07. The summed E-state index contributed by atoms with van der Waals surface area (Å²) in [4.78, 5) is 10.5. The van der Waals surface area contributed by atoms with E-state index in [9.17, 15) is 8.60 Å². The van der Waals surface area contributed by atoms with Crippen LogP contribution >= 0.6 is 0 Å². The molecule has 9 heteroatoms. The largest absolute Gasteiger partial charge is 0.484 e. The number of ether oxygens (including phenoxy) is 1. The second-order valence-corrected chi connectivity index (χ2v) is 9.09. The maximum atomic E-state index is 14.3. The lowest BCUT2D eigenvalue weighted by atomic mass is 10.0. The molecule has 0 amide bonds. The van der Waals surface area contributed by atoms with E-state index in [-0.39, 0.29) is 22.7 Å². The average Bonchev–Trinajstić information content (AvgIpc) is 3.41. The van der Waals surface area contributed by atoms with Gasteiger partial charge < -0.3 is 15.4 Å². The summed E-state index contributed by atoms with van der Waals surface area (Å²) in [5.74, 6) is 1.44. The van der Waals surface area contributed by atoms with Crippen molar-refractivity contribution in [2.45, 2.75) is 25.4 Å². The van der Waals surface area contributed by atoms with Crippen molar-refractivity contribution < 1.29 is 13.3 Å². The molecule has 2 aliphatic rings. The summed E-state index contributed by atoms with van der Waals surface area (Å²) >= 11 is 0. The molecular formula is C19H22FN5O2S.